The van der Waals surface area contributed by atoms with Gasteiger partial charge in [-0.05, 0) is 31.0 Å². The van der Waals surface area contributed by atoms with Crippen molar-refractivity contribution in [1.29, 1.82) is 0 Å². The Kier molecular flexibility index (Phi) is 3.75. The van der Waals surface area contributed by atoms with E-state index in [0.717, 1.165) is 4.31 Å². The number of aromatic amines is 1. The zero-order chi connectivity index (χ0) is 16.6. The van der Waals surface area contributed by atoms with E-state index in [1.54, 1.807) is 13.0 Å². The summed E-state index contributed by atoms with van der Waals surface area (Å²) in [6.45, 7) is 1.35. The molecule has 1 aromatic carbocycles. The predicted molar refractivity (Wildman–Crippen MR) is 81.8 cm³/mol. The first-order valence-electron chi connectivity index (χ1n) is 6.50. The molecule has 2 heterocycles. The number of phenolic OH excluding ortho intramolecular Hbond substituents is 1. The van der Waals surface area contributed by atoms with Crippen molar-refractivity contribution in [1.82, 2.24) is 14.9 Å². The minimum Gasteiger partial charge on any atom is -0.506 e. The number of carbonyl (C=O) groups excluding carboxylic acids is 1. The van der Waals surface area contributed by atoms with Crippen LogP contribution in [0.25, 0.3) is 11.3 Å². The van der Waals surface area contributed by atoms with Gasteiger partial charge in [-0.1, -0.05) is 5.92 Å². The Hall–Kier alpha value is -2.86. The summed E-state index contributed by atoms with van der Waals surface area (Å²) in [6, 6.07) is 4.16. The second-order valence-electron chi connectivity index (χ2n) is 4.65. The SMILES string of the molecule is CC#Cc1cc(-c2ccc(O)c(N3CC(=O)NS3=O)c2F)n[nH]1. The number of aromatic nitrogens is 2. The fraction of sp³-hybridized carbons (Fsp3) is 0.143. The molecule has 118 valence electrons. The van der Waals surface area contributed by atoms with Gasteiger partial charge in [-0.2, -0.15) is 5.10 Å². The van der Waals surface area contributed by atoms with Crippen LogP contribution in [0.15, 0.2) is 18.2 Å². The number of aromatic hydroxyl groups is 1. The quantitative estimate of drug-likeness (QED) is 0.708. The lowest BCUT2D eigenvalue weighted by Gasteiger charge is -2.17. The summed E-state index contributed by atoms with van der Waals surface area (Å²) in [4.78, 5) is 11.3. The van der Waals surface area contributed by atoms with Gasteiger partial charge in [-0.25, -0.2) is 8.60 Å². The monoisotopic (exact) mass is 334 g/mol. The molecule has 1 aliphatic heterocycles. The summed E-state index contributed by atoms with van der Waals surface area (Å²) in [5.41, 5.74) is 0.573. The summed E-state index contributed by atoms with van der Waals surface area (Å²) in [6.07, 6.45) is 0. The number of rotatable bonds is 2. The minimum absolute atomic E-state index is 0.0922. The number of nitrogens with one attached hydrogen (secondary N) is 2. The van der Waals surface area contributed by atoms with Crippen molar-refractivity contribution < 1.29 is 18.5 Å². The molecule has 1 fully saturated rings. The lowest BCUT2D eigenvalue weighted by molar-refractivity contribution is -0.117. The first-order valence-corrected chi connectivity index (χ1v) is 7.61. The molecule has 1 atom stereocenters. The maximum atomic E-state index is 14.8. The molecule has 1 amide bonds. The highest BCUT2D eigenvalue weighted by molar-refractivity contribution is 7.85. The van der Waals surface area contributed by atoms with Crippen LogP contribution in [0.2, 0.25) is 0 Å². The average Bonchev–Trinajstić information content (AvgIpc) is 3.07. The van der Waals surface area contributed by atoms with Crippen LogP contribution in [0.4, 0.5) is 10.1 Å². The molecule has 1 aliphatic rings. The zero-order valence-electron chi connectivity index (χ0n) is 11.9. The van der Waals surface area contributed by atoms with E-state index >= 15 is 0 Å². The number of benzene rings is 1. The molecule has 0 aliphatic carbocycles. The minimum atomic E-state index is -1.94. The van der Waals surface area contributed by atoms with Crippen molar-refractivity contribution in [2.75, 3.05) is 10.8 Å². The molecular formula is C14H11FN4O3S. The second-order valence-corrected chi connectivity index (χ2v) is 5.79. The summed E-state index contributed by atoms with van der Waals surface area (Å²) < 4.78 is 29.7. The zero-order valence-corrected chi connectivity index (χ0v) is 12.7. The molecule has 3 rings (SSSR count). The summed E-state index contributed by atoms with van der Waals surface area (Å²) in [5.74, 6) is 3.69. The normalized spacial score (nSPS) is 16.9. The van der Waals surface area contributed by atoms with Crippen molar-refractivity contribution in [2.45, 2.75) is 6.92 Å². The number of phenols is 1. The van der Waals surface area contributed by atoms with Gasteiger partial charge in [0.15, 0.2) is 5.82 Å². The van der Waals surface area contributed by atoms with Crippen LogP contribution < -0.4 is 9.03 Å². The van der Waals surface area contributed by atoms with Crippen molar-refractivity contribution in [3.05, 3.63) is 29.7 Å². The van der Waals surface area contributed by atoms with Gasteiger partial charge < -0.3 is 5.11 Å². The van der Waals surface area contributed by atoms with E-state index in [1.165, 1.54) is 12.1 Å². The molecule has 0 saturated carbocycles. The van der Waals surface area contributed by atoms with E-state index in [4.69, 9.17) is 0 Å². The number of hydrogen-bond acceptors (Lipinski definition) is 4. The van der Waals surface area contributed by atoms with Gasteiger partial charge in [0, 0.05) is 5.56 Å². The summed E-state index contributed by atoms with van der Waals surface area (Å²) >= 11 is -1.94. The average molecular weight is 334 g/mol. The molecule has 2 aromatic rings. The fourth-order valence-corrected chi connectivity index (χ4v) is 3.13. The van der Waals surface area contributed by atoms with Crippen LogP contribution in [0, 0.1) is 17.7 Å². The smallest absolute Gasteiger partial charge is 0.253 e. The second kappa shape index (κ2) is 5.73. The highest BCUT2D eigenvalue weighted by atomic mass is 32.2. The van der Waals surface area contributed by atoms with E-state index in [0.29, 0.717) is 5.69 Å². The van der Waals surface area contributed by atoms with Crippen molar-refractivity contribution in [3.63, 3.8) is 0 Å². The first kappa shape index (κ1) is 15.1. The summed E-state index contributed by atoms with van der Waals surface area (Å²) in [5, 5.41) is 16.5. The molecular weight excluding hydrogens is 323 g/mol. The van der Waals surface area contributed by atoms with Crippen LogP contribution in [0.1, 0.15) is 12.6 Å². The number of anilines is 1. The highest BCUT2D eigenvalue weighted by Crippen LogP contribution is 2.37. The third-order valence-corrected chi connectivity index (χ3v) is 4.26. The third-order valence-electron chi connectivity index (χ3n) is 3.15. The lowest BCUT2D eigenvalue weighted by Crippen LogP contribution is -2.23. The highest BCUT2D eigenvalue weighted by Gasteiger charge is 2.32. The number of carbonyl (C=O) groups is 1. The van der Waals surface area contributed by atoms with Crippen LogP contribution in [0.3, 0.4) is 0 Å². The van der Waals surface area contributed by atoms with Gasteiger partial charge in [0.2, 0.25) is 11.2 Å². The topological polar surface area (TPSA) is 98.3 Å². The Balaban J connectivity index is 2.09. The molecule has 1 saturated heterocycles. The van der Waals surface area contributed by atoms with Gasteiger partial charge >= 0.3 is 0 Å². The maximum Gasteiger partial charge on any atom is 0.253 e. The van der Waals surface area contributed by atoms with E-state index in [9.17, 15) is 18.5 Å². The largest absolute Gasteiger partial charge is 0.506 e. The van der Waals surface area contributed by atoms with Gasteiger partial charge in [0.1, 0.15) is 23.7 Å². The Labute approximate surface area is 133 Å². The van der Waals surface area contributed by atoms with E-state index < -0.39 is 28.6 Å². The van der Waals surface area contributed by atoms with Crippen LogP contribution in [0.5, 0.6) is 5.75 Å². The van der Waals surface area contributed by atoms with Gasteiger partial charge in [0.05, 0.1) is 5.69 Å². The number of amides is 1. The molecule has 3 N–H and O–H groups in total. The molecule has 7 nitrogen and oxygen atoms in total. The number of H-pyrrole nitrogens is 1. The summed E-state index contributed by atoms with van der Waals surface area (Å²) in [7, 11) is 0. The molecule has 9 heteroatoms. The van der Waals surface area contributed by atoms with Crippen molar-refractivity contribution in [2.24, 2.45) is 0 Å². The Bertz CT molecular complexity index is 884. The van der Waals surface area contributed by atoms with Crippen molar-refractivity contribution >= 4 is 22.8 Å². The van der Waals surface area contributed by atoms with Crippen LogP contribution in [-0.2, 0) is 16.0 Å². The van der Waals surface area contributed by atoms with Gasteiger partial charge in [-0.3, -0.25) is 18.9 Å². The lowest BCUT2D eigenvalue weighted by atomic mass is 10.1. The van der Waals surface area contributed by atoms with Crippen molar-refractivity contribution in [3.8, 4) is 28.8 Å². The Morgan fingerprint density at radius 3 is 2.91 bits per heavy atom. The van der Waals surface area contributed by atoms with E-state index in [1.807, 2.05) is 0 Å². The number of nitrogens with zero attached hydrogens (tertiary/aromatic N) is 2. The Morgan fingerprint density at radius 2 is 2.26 bits per heavy atom. The molecule has 1 unspecified atom stereocenters. The standard InChI is InChI=1S/C14H11FN4O3S/c1-2-3-8-6-10(17-16-8)9-4-5-11(20)14(13(9)15)19-7-12(21)18-23(19)22/h4-6,20H,7H2,1H3,(H,16,17)(H,18,21). The molecule has 0 bridgehead atoms. The fourth-order valence-electron chi connectivity index (χ4n) is 2.18. The van der Waals surface area contributed by atoms with Gasteiger partial charge in [0.25, 0.3) is 5.91 Å². The van der Waals surface area contributed by atoms with E-state index in [-0.39, 0.29) is 23.5 Å². The molecule has 1 aromatic heterocycles. The van der Waals surface area contributed by atoms with E-state index in [2.05, 4.69) is 26.8 Å². The molecule has 0 spiro atoms. The number of hydrogen-bond donors (Lipinski definition) is 3. The van der Waals surface area contributed by atoms with Crippen LogP contribution in [-0.4, -0.2) is 32.0 Å². The maximum absolute atomic E-state index is 14.8. The molecule has 0 radical (unpaired) electrons. The number of halogens is 1. The Morgan fingerprint density at radius 1 is 1.48 bits per heavy atom. The molecule has 23 heavy (non-hydrogen) atoms. The van der Waals surface area contributed by atoms with Crippen LogP contribution >= 0.6 is 0 Å². The van der Waals surface area contributed by atoms with Gasteiger partial charge in [-0.15, -0.1) is 0 Å². The third kappa shape index (κ3) is 2.64. The predicted octanol–water partition coefficient (Wildman–Crippen LogP) is 0.808. The first-order chi connectivity index (χ1) is 11.0.